The molecule has 1 saturated heterocycles. The van der Waals surface area contributed by atoms with Crippen molar-refractivity contribution in [1.29, 1.82) is 0 Å². The minimum atomic E-state index is -3.63. The Labute approximate surface area is 193 Å². The summed E-state index contributed by atoms with van der Waals surface area (Å²) in [5, 5.41) is 14.1. The van der Waals surface area contributed by atoms with E-state index in [1.807, 2.05) is 12.3 Å². The summed E-state index contributed by atoms with van der Waals surface area (Å²) in [6.45, 7) is 0.518. The second kappa shape index (κ2) is 9.14. The SMILES string of the molecule is CSc1ccccc1S(=O)(=O)N1CCC(C(=O)Nc2nc3ccc([N+](=O)[O-])cc3s2)CC1. The molecule has 1 amide bonds. The van der Waals surface area contributed by atoms with Gasteiger partial charge in [-0.05, 0) is 37.3 Å². The molecule has 4 rings (SSSR count). The zero-order valence-corrected chi connectivity index (χ0v) is 19.5. The van der Waals surface area contributed by atoms with Crippen molar-refractivity contribution in [3.8, 4) is 0 Å². The molecule has 0 bridgehead atoms. The second-order valence-electron chi connectivity index (χ2n) is 7.25. The molecule has 9 nitrogen and oxygen atoms in total. The standard InChI is InChI=1S/C20H20N4O5S3/c1-30-16-4-2-3-5-18(16)32(28,29)23-10-8-13(9-11-23)19(25)22-20-21-15-7-6-14(24(26)27)12-17(15)31-20/h2-7,12-13H,8-11H2,1H3,(H,21,22,25). The molecule has 1 aromatic heterocycles. The van der Waals surface area contributed by atoms with E-state index in [-0.39, 0.29) is 30.6 Å². The van der Waals surface area contributed by atoms with Crippen molar-refractivity contribution in [1.82, 2.24) is 9.29 Å². The Kier molecular flexibility index (Phi) is 6.47. The number of carbonyl (C=O) groups is 1. The Balaban J connectivity index is 1.41. The molecule has 0 unspecified atom stereocenters. The van der Waals surface area contributed by atoms with E-state index in [0.717, 1.165) is 0 Å². The molecule has 0 aliphatic carbocycles. The number of thiazole rings is 1. The fourth-order valence-corrected chi connectivity index (χ4v) is 7.11. The molecule has 1 fully saturated rings. The Morgan fingerprint density at radius 2 is 1.97 bits per heavy atom. The van der Waals surface area contributed by atoms with Crippen LogP contribution in [0.4, 0.5) is 10.8 Å². The minimum Gasteiger partial charge on any atom is -0.302 e. The molecular weight excluding hydrogens is 472 g/mol. The number of benzene rings is 2. The molecule has 1 aliphatic heterocycles. The highest BCUT2D eigenvalue weighted by molar-refractivity contribution is 7.99. The van der Waals surface area contributed by atoms with E-state index in [2.05, 4.69) is 10.3 Å². The molecule has 0 atom stereocenters. The third kappa shape index (κ3) is 4.49. The van der Waals surface area contributed by atoms with Crippen molar-refractivity contribution in [3.05, 3.63) is 52.6 Å². The maximum absolute atomic E-state index is 13.1. The number of hydrogen-bond donors (Lipinski definition) is 1. The van der Waals surface area contributed by atoms with Crippen LogP contribution in [0.3, 0.4) is 0 Å². The molecule has 1 aliphatic rings. The zero-order chi connectivity index (χ0) is 22.9. The summed E-state index contributed by atoms with van der Waals surface area (Å²) in [6.07, 6.45) is 2.65. The summed E-state index contributed by atoms with van der Waals surface area (Å²) in [4.78, 5) is 28.5. The van der Waals surface area contributed by atoms with Crippen LogP contribution in [0.15, 0.2) is 52.3 Å². The van der Waals surface area contributed by atoms with Gasteiger partial charge in [-0.25, -0.2) is 13.4 Å². The number of hydrogen-bond acceptors (Lipinski definition) is 8. The summed E-state index contributed by atoms with van der Waals surface area (Å²) in [5.74, 6) is -0.557. The van der Waals surface area contributed by atoms with Gasteiger partial charge in [0.05, 0.1) is 20.0 Å². The van der Waals surface area contributed by atoms with Gasteiger partial charge in [-0.1, -0.05) is 23.5 Å². The molecule has 168 valence electrons. The van der Waals surface area contributed by atoms with Crippen molar-refractivity contribution in [2.45, 2.75) is 22.6 Å². The van der Waals surface area contributed by atoms with Crippen LogP contribution < -0.4 is 5.32 Å². The topological polar surface area (TPSA) is 123 Å². The lowest BCUT2D eigenvalue weighted by Crippen LogP contribution is -2.41. The Bertz CT molecular complexity index is 1280. The summed E-state index contributed by atoms with van der Waals surface area (Å²) in [5.41, 5.74) is 0.542. The number of aromatic nitrogens is 1. The highest BCUT2D eigenvalue weighted by Gasteiger charge is 2.33. The highest BCUT2D eigenvalue weighted by Crippen LogP contribution is 2.32. The number of nitro groups is 1. The maximum atomic E-state index is 13.1. The van der Waals surface area contributed by atoms with Crippen LogP contribution in [0.1, 0.15) is 12.8 Å². The Morgan fingerprint density at radius 3 is 2.66 bits per heavy atom. The van der Waals surface area contributed by atoms with Crippen LogP contribution in [-0.4, -0.2) is 47.9 Å². The van der Waals surface area contributed by atoms with Crippen LogP contribution >= 0.6 is 23.1 Å². The fourth-order valence-electron chi connectivity index (χ4n) is 3.62. The van der Waals surface area contributed by atoms with Crippen LogP contribution in [0.2, 0.25) is 0 Å². The zero-order valence-electron chi connectivity index (χ0n) is 17.1. The second-order valence-corrected chi connectivity index (χ2v) is 11.0. The van der Waals surface area contributed by atoms with E-state index in [0.29, 0.717) is 38.0 Å². The van der Waals surface area contributed by atoms with E-state index in [1.54, 1.807) is 24.3 Å². The van der Waals surface area contributed by atoms with E-state index >= 15 is 0 Å². The number of nitrogens with one attached hydrogen (secondary N) is 1. The van der Waals surface area contributed by atoms with Crippen molar-refractivity contribution in [2.75, 3.05) is 24.7 Å². The molecule has 3 aromatic rings. The van der Waals surface area contributed by atoms with Crippen molar-refractivity contribution in [2.24, 2.45) is 5.92 Å². The number of amides is 1. The molecule has 0 spiro atoms. The Morgan fingerprint density at radius 1 is 1.25 bits per heavy atom. The first-order valence-corrected chi connectivity index (χ1v) is 13.3. The number of fused-ring (bicyclic) bond motifs is 1. The lowest BCUT2D eigenvalue weighted by Gasteiger charge is -2.30. The van der Waals surface area contributed by atoms with Gasteiger partial charge in [0.25, 0.3) is 5.69 Å². The predicted octanol–water partition coefficient (Wildman–Crippen LogP) is 3.97. The van der Waals surface area contributed by atoms with Crippen molar-refractivity contribution < 1.29 is 18.1 Å². The van der Waals surface area contributed by atoms with E-state index < -0.39 is 14.9 Å². The Hall–Kier alpha value is -2.54. The van der Waals surface area contributed by atoms with Gasteiger partial charge >= 0.3 is 0 Å². The number of rotatable bonds is 6. The van der Waals surface area contributed by atoms with Crippen molar-refractivity contribution in [3.63, 3.8) is 0 Å². The number of carbonyl (C=O) groups excluding carboxylic acids is 1. The van der Waals surface area contributed by atoms with Crippen LogP contribution in [0.25, 0.3) is 10.2 Å². The number of nitrogens with zero attached hydrogens (tertiary/aromatic N) is 3. The average molecular weight is 493 g/mol. The predicted molar refractivity (Wildman–Crippen MR) is 125 cm³/mol. The quantitative estimate of drug-likeness (QED) is 0.314. The van der Waals surface area contributed by atoms with Gasteiger partial charge in [-0.15, -0.1) is 11.8 Å². The summed E-state index contributed by atoms with van der Waals surface area (Å²) in [6, 6.07) is 11.3. The van der Waals surface area contributed by atoms with Gasteiger partial charge in [-0.2, -0.15) is 4.31 Å². The molecule has 1 N–H and O–H groups in total. The first-order chi connectivity index (χ1) is 15.3. The number of piperidine rings is 1. The molecule has 2 aromatic carbocycles. The lowest BCUT2D eigenvalue weighted by molar-refractivity contribution is -0.384. The van der Waals surface area contributed by atoms with Crippen LogP contribution in [-0.2, 0) is 14.8 Å². The highest BCUT2D eigenvalue weighted by atomic mass is 32.2. The largest absolute Gasteiger partial charge is 0.302 e. The van der Waals surface area contributed by atoms with Gasteiger partial charge < -0.3 is 5.32 Å². The molecule has 12 heteroatoms. The molecular formula is C20H20N4O5S3. The number of anilines is 1. The first-order valence-electron chi connectivity index (χ1n) is 9.78. The minimum absolute atomic E-state index is 0.0318. The smallest absolute Gasteiger partial charge is 0.270 e. The van der Waals surface area contributed by atoms with Crippen LogP contribution in [0, 0.1) is 16.0 Å². The van der Waals surface area contributed by atoms with Gasteiger partial charge in [0.15, 0.2) is 5.13 Å². The van der Waals surface area contributed by atoms with E-state index in [9.17, 15) is 23.3 Å². The molecule has 32 heavy (non-hydrogen) atoms. The third-order valence-corrected chi connectivity index (χ3v) is 9.14. The van der Waals surface area contributed by atoms with Crippen LogP contribution in [0.5, 0.6) is 0 Å². The van der Waals surface area contributed by atoms with E-state index in [1.165, 1.54) is 39.5 Å². The van der Waals surface area contributed by atoms with E-state index in [4.69, 9.17) is 0 Å². The van der Waals surface area contributed by atoms with Gasteiger partial charge in [0.1, 0.15) is 0 Å². The van der Waals surface area contributed by atoms with Crippen molar-refractivity contribution >= 4 is 60.1 Å². The van der Waals surface area contributed by atoms with Gasteiger partial charge in [0, 0.05) is 36.0 Å². The lowest BCUT2D eigenvalue weighted by atomic mass is 9.97. The average Bonchev–Trinajstić information content (AvgIpc) is 3.20. The molecule has 0 saturated carbocycles. The van der Waals surface area contributed by atoms with Gasteiger partial charge in [0.2, 0.25) is 15.9 Å². The molecule has 2 heterocycles. The summed E-state index contributed by atoms with van der Waals surface area (Å²) < 4.78 is 28.2. The number of non-ortho nitro benzene ring substituents is 1. The fraction of sp³-hybridized carbons (Fsp3) is 0.300. The summed E-state index contributed by atoms with van der Waals surface area (Å²) >= 11 is 2.56. The number of nitro benzene ring substituents is 1. The van der Waals surface area contributed by atoms with Gasteiger partial charge in [-0.3, -0.25) is 14.9 Å². The normalized spacial score (nSPS) is 15.7. The third-order valence-electron chi connectivity index (χ3n) is 5.32. The summed E-state index contributed by atoms with van der Waals surface area (Å²) in [7, 11) is -3.63. The molecule has 0 radical (unpaired) electrons. The maximum Gasteiger partial charge on any atom is 0.270 e. The monoisotopic (exact) mass is 492 g/mol. The first kappa shape index (κ1) is 22.6. The number of sulfonamides is 1. The number of thioether (sulfide) groups is 1.